The van der Waals surface area contributed by atoms with Crippen LogP contribution in [0.25, 0.3) is 0 Å². The molecule has 1 aliphatic heterocycles. The van der Waals surface area contributed by atoms with Crippen LogP contribution in [0.2, 0.25) is 0 Å². The van der Waals surface area contributed by atoms with Gasteiger partial charge in [0.1, 0.15) is 17.4 Å². The molecule has 3 aromatic carbocycles. The minimum atomic E-state index is -0.775. The average molecular weight is 479 g/mol. The molecule has 0 radical (unpaired) electrons. The monoisotopic (exact) mass is 478 g/mol. The molecule has 0 saturated heterocycles. The Hall–Kier alpha value is -3.74. The van der Waals surface area contributed by atoms with E-state index >= 15 is 0 Å². The van der Waals surface area contributed by atoms with Crippen molar-refractivity contribution in [2.45, 2.75) is 45.3 Å². The van der Waals surface area contributed by atoms with Gasteiger partial charge >= 0.3 is 0 Å². The Morgan fingerprint density at radius 3 is 2.49 bits per heavy atom. The van der Waals surface area contributed by atoms with Crippen LogP contribution in [0.15, 0.2) is 66.7 Å². The molecule has 0 aromatic heterocycles. The topological polar surface area (TPSA) is 58.6 Å². The number of nitrogens with zero attached hydrogens (tertiary/aromatic N) is 1. The Labute approximate surface area is 203 Å². The molecule has 1 N–H and O–H groups in total. The minimum absolute atomic E-state index is 0.0126. The second kappa shape index (κ2) is 10.7. The first kappa shape index (κ1) is 24.4. The summed E-state index contributed by atoms with van der Waals surface area (Å²) in [6, 6.07) is 17.0. The molecule has 0 fully saturated rings. The third-order valence-corrected chi connectivity index (χ3v) is 6.19. The van der Waals surface area contributed by atoms with Crippen LogP contribution in [-0.4, -0.2) is 29.4 Å². The second-order valence-corrected chi connectivity index (χ2v) is 8.52. The lowest BCUT2D eigenvalue weighted by Gasteiger charge is -2.38. The first-order valence-electron chi connectivity index (χ1n) is 11.8. The third-order valence-electron chi connectivity index (χ3n) is 6.19. The lowest BCUT2D eigenvalue weighted by molar-refractivity contribution is -0.133. The zero-order valence-electron chi connectivity index (χ0n) is 19.8. The number of hydrogen-bond donors (Lipinski definition) is 1. The Bertz CT molecular complexity index is 1210. The number of halogens is 2. The maximum Gasteiger partial charge on any atom is 0.265 e. The second-order valence-electron chi connectivity index (χ2n) is 8.52. The van der Waals surface area contributed by atoms with Gasteiger partial charge in [-0.15, -0.1) is 0 Å². The normalized spacial score (nSPS) is 15.8. The van der Waals surface area contributed by atoms with Crippen molar-refractivity contribution in [2.75, 3.05) is 11.9 Å². The highest BCUT2D eigenvalue weighted by atomic mass is 19.1. The number of rotatable bonds is 7. The summed E-state index contributed by atoms with van der Waals surface area (Å²) in [5.74, 6) is -0.627. The molecule has 1 heterocycles. The molecule has 4 rings (SSSR count). The maximum absolute atomic E-state index is 14.1. The fourth-order valence-electron chi connectivity index (χ4n) is 4.42. The number of fused-ring (bicyclic) bond motifs is 1. The van der Waals surface area contributed by atoms with E-state index in [4.69, 9.17) is 4.74 Å². The summed E-state index contributed by atoms with van der Waals surface area (Å²) < 4.78 is 33.3. The molecule has 5 nitrogen and oxygen atoms in total. The fraction of sp³-hybridized carbons (Fsp3) is 0.286. The number of hydrogen-bond acceptors (Lipinski definition) is 3. The van der Waals surface area contributed by atoms with Gasteiger partial charge in [0.05, 0.1) is 6.04 Å². The lowest BCUT2D eigenvalue weighted by atomic mass is 9.87. The molecule has 35 heavy (non-hydrogen) atoms. The summed E-state index contributed by atoms with van der Waals surface area (Å²) >= 11 is 0. The zero-order valence-corrected chi connectivity index (χ0v) is 19.8. The SMILES string of the molecule is CCC(=O)N1CCc2ccc(O[C@@H](CC)C(=O)Nc3ccc(F)cc3)cc2[C@@H]1c1cccc(F)c1. The van der Waals surface area contributed by atoms with Gasteiger partial charge in [0.15, 0.2) is 6.10 Å². The molecule has 0 unspecified atom stereocenters. The van der Waals surface area contributed by atoms with Crippen LogP contribution in [0.5, 0.6) is 5.75 Å². The lowest BCUT2D eigenvalue weighted by Crippen LogP contribution is -2.40. The third kappa shape index (κ3) is 5.50. The maximum atomic E-state index is 14.1. The van der Waals surface area contributed by atoms with Crippen LogP contribution in [0.3, 0.4) is 0 Å². The van der Waals surface area contributed by atoms with E-state index in [9.17, 15) is 18.4 Å². The van der Waals surface area contributed by atoms with Crippen molar-refractivity contribution in [1.82, 2.24) is 4.90 Å². The smallest absolute Gasteiger partial charge is 0.265 e. The molecule has 0 saturated carbocycles. The van der Waals surface area contributed by atoms with Crippen molar-refractivity contribution in [3.05, 3.63) is 95.1 Å². The number of ether oxygens (including phenoxy) is 1. The Kier molecular flexibility index (Phi) is 7.44. The summed E-state index contributed by atoms with van der Waals surface area (Å²) in [6.45, 7) is 4.19. The van der Waals surface area contributed by atoms with Crippen LogP contribution >= 0.6 is 0 Å². The van der Waals surface area contributed by atoms with E-state index in [1.807, 2.05) is 38.1 Å². The van der Waals surface area contributed by atoms with Gasteiger partial charge < -0.3 is 15.0 Å². The number of amides is 2. The predicted molar refractivity (Wildman–Crippen MR) is 130 cm³/mol. The molecular formula is C28H28F2N2O3. The van der Waals surface area contributed by atoms with Crippen molar-refractivity contribution in [1.29, 1.82) is 0 Å². The number of benzene rings is 3. The average Bonchev–Trinajstić information content (AvgIpc) is 2.87. The summed E-state index contributed by atoms with van der Waals surface area (Å²) in [5, 5.41) is 2.75. The van der Waals surface area contributed by atoms with Gasteiger partial charge in [0, 0.05) is 18.7 Å². The van der Waals surface area contributed by atoms with E-state index in [1.165, 1.54) is 36.4 Å². The van der Waals surface area contributed by atoms with Gasteiger partial charge in [-0.25, -0.2) is 8.78 Å². The highest BCUT2D eigenvalue weighted by Gasteiger charge is 2.32. The van der Waals surface area contributed by atoms with E-state index in [2.05, 4.69) is 5.32 Å². The summed E-state index contributed by atoms with van der Waals surface area (Å²) in [5.41, 5.74) is 3.07. The largest absolute Gasteiger partial charge is 0.481 e. The first-order valence-corrected chi connectivity index (χ1v) is 11.8. The van der Waals surface area contributed by atoms with Gasteiger partial charge in [0.25, 0.3) is 5.91 Å². The van der Waals surface area contributed by atoms with Gasteiger partial charge in [0.2, 0.25) is 5.91 Å². The molecule has 0 bridgehead atoms. The predicted octanol–water partition coefficient (Wildman–Crippen LogP) is 5.65. The molecule has 1 aliphatic rings. The fourth-order valence-corrected chi connectivity index (χ4v) is 4.42. The standard InChI is InChI=1S/C28H28F2N2O3/c1-3-25(28(34)31-22-11-9-20(29)10-12-22)35-23-13-8-18-14-15-32(26(33)4-2)27(24(18)17-23)19-6-5-7-21(30)16-19/h5-13,16-17,25,27H,3-4,14-15H2,1-2H3,(H,31,34)/t25-,27-/m0/s1. The zero-order chi connectivity index (χ0) is 24.9. The number of carbonyl (C=O) groups is 2. The number of anilines is 1. The first-order chi connectivity index (χ1) is 16.9. The van der Waals surface area contributed by atoms with E-state index in [-0.39, 0.29) is 23.4 Å². The van der Waals surface area contributed by atoms with Gasteiger partial charge in [-0.2, -0.15) is 0 Å². The van der Waals surface area contributed by atoms with E-state index in [0.717, 1.165) is 11.1 Å². The van der Waals surface area contributed by atoms with Gasteiger partial charge in [-0.3, -0.25) is 9.59 Å². The molecule has 7 heteroatoms. The molecule has 182 valence electrons. The Morgan fingerprint density at radius 1 is 1.03 bits per heavy atom. The van der Waals surface area contributed by atoms with Crippen LogP contribution in [0.4, 0.5) is 14.5 Å². The highest BCUT2D eigenvalue weighted by Crippen LogP contribution is 2.38. The minimum Gasteiger partial charge on any atom is -0.481 e. The van der Waals surface area contributed by atoms with Crippen molar-refractivity contribution >= 4 is 17.5 Å². The van der Waals surface area contributed by atoms with Crippen molar-refractivity contribution in [3.8, 4) is 5.75 Å². The van der Waals surface area contributed by atoms with Crippen LogP contribution < -0.4 is 10.1 Å². The molecule has 2 amide bonds. The molecule has 0 spiro atoms. The summed E-state index contributed by atoms with van der Waals surface area (Å²) in [6.07, 6.45) is 0.661. The van der Waals surface area contributed by atoms with E-state index in [0.29, 0.717) is 42.8 Å². The molecule has 2 atom stereocenters. The van der Waals surface area contributed by atoms with Crippen molar-refractivity contribution in [3.63, 3.8) is 0 Å². The van der Waals surface area contributed by atoms with Crippen LogP contribution in [0.1, 0.15) is 49.4 Å². The summed E-state index contributed by atoms with van der Waals surface area (Å²) in [7, 11) is 0. The van der Waals surface area contributed by atoms with Gasteiger partial charge in [-0.05, 0) is 78.1 Å². The van der Waals surface area contributed by atoms with Crippen LogP contribution in [0, 0.1) is 11.6 Å². The summed E-state index contributed by atoms with van der Waals surface area (Å²) in [4.78, 5) is 27.3. The quantitative estimate of drug-likeness (QED) is 0.478. The molecular weight excluding hydrogens is 450 g/mol. The van der Waals surface area contributed by atoms with Gasteiger partial charge in [-0.1, -0.05) is 32.0 Å². The van der Waals surface area contributed by atoms with Crippen molar-refractivity contribution < 1.29 is 23.1 Å². The highest BCUT2D eigenvalue weighted by molar-refractivity contribution is 5.94. The molecule has 3 aromatic rings. The van der Waals surface area contributed by atoms with Crippen molar-refractivity contribution in [2.24, 2.45) is 0 Å². The Balaban J connectivity index is 1.62. The molecule has 0 aliphatic carbocycles. The van der Waals surface area contributed by atoms with E-state index < -0.39 is 12.1 Å². The van der Waals surface area contributed by atoms with E-state index in [1.54, 1.807) is 11.0 Å². The van der Waals surface area contributed by atoms with Crippen LogP contribution in [-0.2, 0) is 16.0 Å². The number of nitrogens with one attached hydrogen (secondary N) is 1. The number of carbonyl (C=O) groups excluding carboxylic acids is 2. The Morgan fingerprint density at radius 2 is 1.80 bits per heavy atom.